The fourth-order valence-corrected chi connectivity index (χ4v) is 2.70. The summed E-state index contributed by atoms with van der Waals surface area (Å²) in [6, 6.07) is 2.00. The zero-order valence-corrected chi connectivity index (χ0v) is 12.4. The van der Waals surface area contributed by atoms with E-state index in [4.69, 9.17) is 5.73 Å². The van der Waals surface area contributed by atoms with Crippen LogP contribution in [0.5, 0.6) is 0 Å². The Morgan fingerprint density at radius 3 is 2.71 bits per heavy atom. The van der Waals surface area contributed by atoms with Gasteiger partial charge in [0.2, 0.25) is 0 Å². The summed E-state index contributed by atoms with van der Waals surface area (Å²) in [4.78, 5) is 16.5. The molecule has 1 aromatic heterocycles. The maximum absolute atomic E-state index is 12.5. The van der Waals surface area contributed by atoms with Crippen molar-refractivity contribution in [2.75, 3.05) is 6.54 Å². The van der Waals surface area contributed by atoms with Gasteiger partial charge in [-0.2, -0.15) is 0 Å². The molecule has 1 saturated carbocycles. The van der Waals surface area contributed by atoms with Crippen molar-refractivity contribution in [2.24, 2.45) is 5.73 Å². The quantitative estimate of drug-likeness (QED) is 0.819. The Morgan fingerprint density at radius 2 is 2.00 bits per heavy atom. The molecule has 1 aliphatic rings. The molecule has 0 atom stereocenters. The summed E-state index contributed by atoms with van der Waals surface area (Å²) < 4.78 is 0. The molecule has 3 N–H and O–H groups in total. The molecule has 0 spiro atoms. The summed E-state index contributed by atoms with van der Waals surface area (Å²) >= 11 is 0. The lowest BCUT2D eigenvalue weighted by atomic mass is 9.96. The average molecular weight is 285 g/mol. The van der Waals surface area contributed by atoms with E-state index in [1.807, 2.05) is 0 Å². The molecule has 1 fully saturated rings. The summed E-state index contributed by atoms with van der Waals surface area (Å²) in [6.45, 7) is 0.276. The van der Waals surface area contributed by atoms with Gasteiger partial charge in [0.05, 0.1) is 17.7 Å². The first-order valence-corrected chi connectivity index (χ1v) is 7.75. The molecule has 0 unspecified atom stereocenters. The number of hydrogen-bond donors (Lipinski definition) is 2. The van der Waals surface area contributed by atoms with E-state index in [1.165, 1.54) is 32.1 Å². The highest BCUT2D eigenvalue weighted by Crippen LogP contribution is 2.17. The van der Waals surface area contributed by atoms with Gasteiger partial charge in [0.25, 0.3) is 5.91 Å². The molecule has 112 valence electrons. The minimum atomic E-state index is -0.0516. The number of nitrogens with one attached hydrogen (secondary N) is 1. The van der Waals surface area contributed by atoms with Gasteiger partial charge in [0.1, 0.15) is 0 Å². The van der Waals surface area contributed by atoms with Gasteiger partial charge < -0.3 is 11.1 Å². The number of rotatable bonds is 2. The van der Waals surface area contributed by atoms with Crippen LogP contribution < -0.4 is 11.1 Å². The SMILES string of the molecule is NCC#Cc1cnccc1C(=O)NC1CCCCCCC1. The van der Waals surface area contributed by atoms with E-state index < -0.39 is 0 Å². The second-order valence-corrected chi connectivity index (χ2v) is 5.44. The zero-order chi connectivity index (χ0) is 14.9. The van der Waals surface area contributed by atoms with E-state index >= 15 is 0 Å². The van der Waals surface area contributed by atoms with Crippen LogP contribution in [0.3, 0.4) is 0 Å². The molecule has 0 aliphatic heterocycles. The van der Waals surface area contributed by atoms with E-state index in [0.29, 0.717) is 11.1 Å². The van der Waals surface area contributed by atoms with Crippen molar-refractivity contribution in [1.82, 2.24) is 10.3 Å². The van der Waals surface area contributed by atoms with Gasteiger partial charge in [-0.05, 0) is 18.9 Å². The number of pyridine rings is 1. The van der Waals surface area contributed by atoms with E-state index in [2.05, 4.69) is 22.1 Å². The van der Waals surface area contributed by atoms with Gasteiger partial charge in [0, 0.05) is 18.4 Å². The van der Waals surface area contributed by atoms with Crippen LogP contribution in [-0.4, -0.2) is 23.5 Å². The Kier molecular flexibility index (Phi) is 6.23. The molecule has 0 bridgehead atoms. The molecule has 4 nitrogen and oxygen atoms in total. The lowest BCUT2D eigenvalue weighted by molar-refractivity contribution is 0.0930. The minimum absolute atomic E-state index is 0.0516. The summed E-state index contributed by atoms with van der Waals surface area (Å²) in [5.74, 6) is 5.64. The van der Waals surface area contributed by atoms with Gasteiger partial charge in [-0.15, -0.1) is 0 Å². The van der Waals surface area contributed by atoms with Crippen molar-refractivity contribution in [1.29, 1.82) is 0 Å². The summed E-state index contributed by atoms with van der Waals surface area (Å²) in [6.07, 6.45) is 11.6. The first-order chi connectivity index (χ1) is 10.3. The molecular formula is C17H23N3O. The van der Waals surface area contributed by atoms with Crippen molar-refractivity contribution < 1.29 is 4.79 Å². The molecule has 0 saturated heterocycles. The number of amides is 1. The topological polar surface area (TPSA) is 68.0 Å². The standard InChI is InChI=1S/C17H23N3O/c18-11-6-7-14-13-19-12-10-16(14)17(21)20-15-8-4-2-1-3-5-9-15/h10,12-13,15H,1-5,8-9,11,18H2,(H,20,21). The van der Waals surface area contributed by atoms with Crippen LogP contribution in [0.1, 0.15) is 60.9 Å². The second kappa shape index (κ2) is 8.43. The van der Waals surface area contributed by atoms with Crippen LogP contribution in [0.4, 0.5) is 0 Å². The number of aromatic nitrogens is 1. The van der Waals surface area contributed by atoms with Crippen LogP contribution in [0.25, 0.3) is 0 Å². The fraction of sp³-hybridized carbons (Fsp3) is 0.529. The average Bonchev–Trinajstić information content (AvgIpc) is 2.48. The maximum Gasteiger partial charge on any atom is 0.252 e. The summed E-state index contributed by atoms with van der Waals surface area (Å²) in [5.41, 5.74) is 6.63. The first-order valence-electron chi connectivity index (χ1n) is 7.75. The smallest absolute Gasteiger partial charge is 0.252 e. The lowest BCUT2D eigenvalue weighted by Crippen LogP contribution is -2.35. The number of hydrogen-bond acceptors (Lipinski definition) is 3. The monoisotopic (exact) mass is 285 g/mol. The molecule has 2 rings (SSSR count). The van der Waals surface area contributed by atoms with E-state index in [-0.39, 0.29) is 18.5 Å². The molecule has 21 heavy (non-hydrogen) atoms. The Labute approximate surface area is 126 Å². The van der Waals surface area contributed by atoms with Crippen LogP contribution in [-0.2, 0) is 0 Å². The number of carbonyl (C=O) groups is 1. The normalized spacial score (nSPS) is 16.2. The summed E-state index contributed by atoms with van der Waals surface area (Å²) in [5, 5.41) is 3.15. The second-order valence-electron chi connectivity index (χ2n) is 5.44. The fourth-order valence-electron chi connectivity index (χ4n) is 2.70. The minimum Gasteiger partial charge on any atom is -0.349 e. The van der Waals surface area contributed by atoms with Gasteiger partial charge >= 0.3 is 0 Å². The Balaban J connectivity index is 2.05. The number of nitrogens with two attached hydrogens (primary N) is 1. The molecule has 1 heterocycles. The van der Waals surface area contributed by atoms with Crippen molar-refractivity contribution >= 4 is 5.91 Å². The first kappa shape index (κ1) is 15.5. The van der Waals surface area contributed by atoms with Crippen LogP contribution in [0.2, 0.25) is 0 Å². The number of carbonyl (C=O) groups excluding carboxylic acids is 1. The van der Waals surface area contributed by atoms with Crippen LogP contribution >= 0.6 is 0 Å². The highest BCUT2D eigenvalue weighted by Gasteiger charge is 2.16. The largest absolute Gasteiger partial charge is 0.349 e. The van der Waals surface area contributed by atoms with Gasteiger partial charge in [0.15, 0.2) is 0 Å². The Bertz CT molecular complexity index is 522. The predicted octanol–water partition coefficient (Wildman–Crippen LogP) is 2.23. The molecule has 0 radical (unpaired) electrons. The number of nitrogens with zero attached hydrogens (tertiary/aromatic N) is 1. The third-order valence-corrected chi connectivity index (χ3v) is 3.83. The van der Waals surface area contributed by atoms with Crippen molar-refractivity contribution in [3.63, 3.8) is 0 Å². The van der Waals surface area contributed by atoms with Crippen molar-refractivity contribution in [2.45, 2.75) is 51.0 Å². The van der Waals surface area contributed by atoms with Gasteiger partial charge in [-0.1, -0.05) is 43.9 Å². The molecule has 1 aliphatic carbocycles. The lowest BCUT2D eigenvalue weighted by Gasteiger charge is -2.21. The molecule has 4 heteroatoms. The Hall–Kier alpha value is -1.86. The molecule has 1 aromatic rings. The van der Waals surface area contributed by atoms with Gasteiger partial charge in [-0.25, -0.2) is 0 Å². The molecular weight excluding hydrogens is 262 g/mol. The molecule has 0 aromatic carbocycles. The molecule has 1 amide bonds. The van der Waals surface area contributed by atoms with E-state index in [1.54, 1.807) is 18.5 Å². The third-order valence-electron chi connectivity index (χ3n) is 3.83. The third kappa shape index (κ3) is 4.87. The van der Waals surface area contributed by atoms with Gasteiger partial charge in [-0.3, -0.25) is 9.78 Å². The highest BCUT2D eigenvalue weighted by atomic mass is 16.1. The highest BCUT2D eigenvalue weighted by molar-refractivity contribution is 5.96. The summed E-state index contributed by atoms with van der Waals surface area (Å²) in [7, 11) is 0. The van der Waals surface area contributed by atoms with Crippen LogP contribution in [0.15, 0.2) is 18.5 Å². The van der Waals surface area contributed by atoms with Crippen LogP contribution in [0, 0.1) is 11.8 Å². The van der Waals surface area contributed by atoms with E-state index in [0.717, 1.165) is 12.8 Å². The van der Waals surface area contributed by atoms with Crippen molar-refractivity contribution in [3.05, 3.63) is 29.6 Å². The maximum atomic E-state index is 12.5. The Morgan fingerprint density at radius 1 is 1.29 bits per heavy atom. The zero-order valence-electron chi connectivity index (χ0n) is 12.4. The van der Waals surface area contributed by atoms with Crippen molar-refractivity contribution in [3.8, 4) is 11.8 Å². The van der Waals surface area contributed by atoms with E-state index in [9.17, 15) is 4.79 Å². The predicted molar refractivity (Wildman–Crippen MR) is 83.7 cm³/mol.